The molecule has 0 aromatic heterocycles. The van der Waals surface area contributed by atoms with Gasteiger partial charge in [0.2, 0.25) is 5.36 Å². The summed E-state index contributed by atoms with van der Waals surface area (Å²) < 4.78 is 4.61. The fourth-order valence-corrected chi connectivity index (χ4v) is 3.61. The number of hydrogen-bond acceptors (Lipinski definition) is 2. The summed E-state index contributed by atoms with van der Waals surface area (Å²) in [6, 6.07) is 12.8. The molecule has 19 heavy (non-hydrogen) atoms. The summed E-state index contributed by atoms with van der Waals surface area (Å²) in [5, 5.41) is 1.21. The Morgan fingerprint density at radius 2 is 1.89 bits per heavy atom. The van der Waals surface area contributed by atoms with Gasteiger partial charge in [0.1, 0.15) is 14.1 Å². The zero-order chi connectivity index (χ0) is 12.7. The van der Waals surface area contributed by atoms with Crippen molar-refractivity contribution in [2.75, 3.05) is 14.1 Å². The van der Waals surface area contributed by atoms with Crippen LogP contribution in [0.5, 0.6) is 0 Å². The predicted octanol–water partition coefficient (Wildman–Crippen LogP) is 0.0415. The van der Waals surface area contributed by atoms with Crippen LogP contribution in [0.15, 0.2) is 36.4 Å². The fourth-order valence-electron chi connectivity index (χ4n) is 1.87. The highest BCUT2D eigenvalue weighted by Gasteiger charge is 2.08. The Morgan fingerprint density at radius 1 is 1.11 bits per heavy atom. The summed E-state index contributed by atoms with van der Waals surface area (Å²) in [5.74, 6) is 0. The van der Waals surface area contributed by atoms with Crippen LogP contribution in [-0.2, 0) is 0 Å². The molecule has 3 rings (SSSR count). The van der Waals surface area contributed by atoms with E-state index in [1.54, 1.807) is 11.3 Å². The van der Waals surface area contributed by atoms with Gasteiger partial charge in [-0.1, -0.05) is 0 Å². The van der Waals surface area contributed by atoms with Gasteiger partial charge in [-0.2, -0.15) is 0 Å². The zero-order valence-corrected chi connectivity index (χ0v) is 15.7. The Bertz CT molecular complexity index is 776. The summed E-state index contributed by atoms with van der Waals surface area (Å²) in [6.45, 7) is 0. The average Bonchev–Trinajstić information content (AvgIpc) is 2.35. The van der Waals surface area contributed by atoms with Crippen LogP contribution in [0.4, 0.5) is 0 Å². The minimum absolute atomic E-state index is 0. The van der Waals surface area contributed by atoms with Gasteiger partial charge in [0.25, 0.3) is 0 Å². The molecule has 2 nitrogen and oxygen atoms in total. The van der Waals surface area contributed by atoms with Gasteiger partial charge in [-0.3, -0.25) is 0 Å². The van der Waals surface area contributed by atoms with E-state index in [1.807, 2.05) is 0 Å². The molecule has 0 spiro atoms. The average molecular weight is 494 g/mol. The topological polar surface area (TPSA) is 15.9 Å². The van der Waals surface area contributed by atoms with Crippen molar-refractivity contribution < 1.29 is 24.0 Å². The van der Waals surface area contributed by atoms with Crippen molar-refractivity contribution in [2.24, 2.45) is 0 Å². The number of hydrogen-bond donors (Lipinski definition) is 0. The van der Waals surface area contributed by atoms with Crippen LogP contribution in [0.25, 0.3) is 20.8 Å². The van der Waals surface area contributed by atoms with Gasteiger partial charge in [0, 0.05) is 15.7 Å². The molecule has 2 aliphatic rings. The van der Waals surface area contributed by atoms with Gasteiger partial charge >= 0.3 is 0 Å². The molecule has 1 aromatic rings. The third-order valence-electron chi connectivity index (χ3n) is 2.84. The minimum Gasteiger partial charge on any atom is -1.00 e. The molecule has 0 saturated heterocycles. The first kappa shape index (κ1) is 15.1. The number of rotatable bonds is 0. The Labute approximate surface area is 146 Å². The van der Waals surface area contributed by atoms with E-state index in [-0.39, 0.29) is 24.0 Å². The maximum Gasteiger partial charge on any atom is 0.201 e. The largest absolute Gasteiger partial charge is 1.00 e. The monoisotopic (exact) mass is 494 g/mol. The van der Waals surface area contributed by atoms with Crippen LogP contribution in [0.2, 0.25) is 0 Å². The summed E-state index contributed by atoms with van der Waals surface area (Å²) in [7, 11) is 4.12. The molecule has 0 saturated carbocycles. The van der Waals surface area contributed by atoms with Gasteiger partial charge in [-0.05, 0) is 46.9 Å². The number of benzene rings is 2. The van der Waals surface area contributed by atoms with Crippen LogP contribution in [0.3, 0.4) is 0 Å². The molecule has 0 atom stereocenters. The molecular weight excluding hydrogens is 482 g/mol. The molecule has 0 bridgehead atoms. The van der Waals surface area contributed by atoms with Crippen LogP contribution < -0.4 is 33.9 Å². The lowest BCUT2D eigenvalue weighted by atomic mass is 10.2. The van der Waals surface area contributed by atoms with Crippen LogP contribution in [0, 0.1) is 3.57 Å². The lowest BCUT2D eigenvalue weighted by Gasteiger charge is -2.05. The third kappa shape index (κ3) is 3.08. The van der Waals surface area contributed by atoms with Crippen molar-refractivity contribution in [1.82, 2.24) is 9.56 Å². The quantitative estimate of drug-likeness (QED) is 0.245. The molecule has 0 amide bonds. The van der Waals surface area contributed by atoms with E-state index in [1.165, 1.54) is 18.5 Å². The Hall–Kier alpha value is -0.280. The molecule has 0 radical (unpaired) electrons. The lowest BCUT2D eigenvalue weighted by Crippen LogP contribution is -3.00. The highest BCUT2D eigenvalue weighted by atomic mass is 127. The standard InChI is InChI=1S/C14H12IN2S.HI/c1-17(2)10-4-6-12-14(8-10)18-13-7-9(15)3-5-11(13)16-12;/h3-8H,1-2H3;1H/q+1;/p-1. The second-order valence-corrected chi connectivity index (χ2v) is 6.70. The second-order valence-electron chi connectivity index (χ2n) is 4.37. The molecule has 1 aliphatic carbocycles. The van der Waals surface area contributed by atoms with E-state index in [0.29, 0.717) is 0 Å². The van der Waals surface area contributed by atoms with Crippen molar-refractivity contribution in [3.8, 4) is 10.6 Å². The predicted molar refractivity (Wildman–Crippen MR) is 86.1 cm³/mol. The van der Waals surface area contributed by atoms with Crippen LogP contribution >= 0.6 is 33.9 Å². The van der Waals surface area contributed by atoms with E-state index in [0.717, 1.165) is 11.2 Å². The fraction of sp³-hybridized carbons (Fsp3) is 0.143. The van der Waals surface area contributed by atoms with Crippen LogP contribution in [0.1, 0.15) is 0 Å². The summed E-state index contributed by atoms with van der Waals surface area (Å²) in [5.41, 5.74) is 2.14. The number of nitrogens with zero attached hydrogens (tertiary/aromatic N) is 2. The summed E-state index contributed by atoms with van der Waals surface area (Å²) in [4.78, 5) is 5.94. The maximum atomic E-state index is 4.71. The van der Waals surface area contributed by atoms with Crippen molar-refractivity contribution >= 4 is 44.1 Å². The van der Waals surface area contributed by atoms with E-state index < -0.39 is 0 Å². The smallest absolute Gasteiger partial charge is 0.201 e. The van der Waals surface area contributed by atoms with Crippen molar-refractivity contribution in [2.45, 2.75) is 0 Å². The van der Waals surface area contributed by atoms with Gasteiger partial charge in [0.05, 0.1) is 20.8 Å². The van der Waals surface area contributed by atoms with E-state index >= 15 is 0 Å². The highest BCUT2D eigenvalue weighted by molar-refractivity contribution is 14.1. The number of halogens is 2. The first-order valence-corrected chi connectivity index (χ1v) is 7.53. The highest BCUT2D eigenvalue weighted by Crippen LogP contribution is 2.29. The Morgan fingerprint density at radius 3 is 2.63 bits per heavy atom. The van der Waals surface area contributed by atoms with Crippen molar-refractivity contribution in [3.05, 3.63) is 45.3 Å². The van der Waals surface area contributed by atoms with E-state index in [2.05, 4.69) is 77.7 Å². The van der Waals surface area contributed by atoms with Gasteiger partial charge < -0.3 is 24.0 Å². The molecule has 0 unspecified atom stereocenters. The minimum atomic E-state index is 0. The molecule has 0 fully saturated rings. The summed E-state index contributed by atoms with van der Waals surface area (Å²) in [6.07, 6.45) is 0. The van der Waals surface area contributed by atoms with E-state index in [4.69, 9.17) is 4.98 Å². The second kappa shape index (κ2) is 6.01. The SMILES string of the molecule is C[N+](C)=c1ccc2nc3ccc(I)cc3sc-2c1.[I-]. The Balaban J connectivity index is 0.00000133. The molecule has 5 heteroatoms. The normalized spacial score (nSPS) is 10.5. The molecule has 1 aromatic carbocycles. The van der Waals surface area contributed by atoms with Crippen molar-refractivity contribution in [1.29, 1.82) is 0 Å². The molecule has 98 valence electrons. The summed E-state index contributed by atoms with van der Waals surface area (Å²) >= 11 is 4.14. The molecule has 1 aliphatic heterocycles. The third-order valence-corrected chi connectivity index (χ3v) is 4.61. The molecule has 1 heterocycles. The van der Waals surface area contributed by atoms with Gasteiger partial charge in [0.15, 0.2) is 0 Å². The number of aromatic nitrogens is 1. The molecular formula is C14H12I2N2S. The van der Waals surface area contributed by atoms with Crippen LogP contribution in [-0.4, -0.2) is 19.1 Å². The Kier molecular flexibility index (Phi) is 4.78. The maximum absolute atomic E-state index is 4.71. The van der Waals surface area contributed by atoms with Gasteiger partial charge in [-0.25, -0.2) is 9.56 Å². The first-order valence-electron chi connectivity index (χ1n) is 5.64. The zero-order valence-electron chi connectivity index (χ0n) is 10.5. The first-order chi connectivity index (χ1) is 8.63. The van der Waals surface area contributed by atoms with Crippen molar-refractivity contribution in [3.63, 3.8) is 0 Å². The number of fused-ring (bicyclic) bond motifs is 2. The van der Waals surface area contributed by atoms with Gasteiger partial charge in [-0.15, -0.1) is 11.3 Å². The molecule has 0 N–H and O–H groups in total. The lowest BCUT2D eigenvalue weighted by molar-refractivity contribution is -0.00000345. The van der Waals surface area contributed by atoms with E-state index in [9.17, 15) is 0 Å².